The van der Waals surface area contributed by atoms with E-state index in [0.717, 1.165) is 5.56 Å². The first-order chi connectivity index (χ1) is 11.2. The Labute approximate surface area is 143 Å². The summed E-state index contributed by atoms with van der Waals surface area (Å²) in [6, 6.07) is 7.18. The van der Waals surface area contributed by atoms with Crippen molar-refractivity contribution in [3.63, 3.8) is 0 Å². The van der Waals surface area contributed by atoms with Crippen LogP contribution in [0.3, 0.4) is 0 Å². The number of nitrogens with two attached hydrogens (primary N) is 1. The largest absolute Gasteiger partial charge is 0.478 e. The lowest BCUT2D eigenvalue weighted by Gasteiger charge is -2.11. The van der Waals surface area contributed by atoms with Crippen molar-refractivity contribution in [2.75, 3.05) is 5.32 Å². The molecule has 24 heavy (non-hydrogen) atoms. The number of nitrogens with one attached hydrogen (secondary N) is 1. The number of primary amides is 1. The minimum absolute atomic E-state index is 0.0708. The molecule has 0 saturated heterocycles. The predicted molar refractivity (Wildman–Crippen MR) is 90.8 cm³/mol. The minimum atomic E-state index is -1.07. The summed E-state index contributed by atoms with van der Waals surface area (Å²) in [4.78, 5) is 34.7. The Kier molecular flexibility index (Phi) is 4.90. The molecule has 0 bridgehead atoms. The zero-order chi connectivity index (χ0) is 18.0. The van der Waals surface area contributed by atoms with Crippen LogP contribution in [0.25, 0.3) is 0 Å². The van der Waals surface area contributed by atoms with Crippen LogP contribution in [0.2, 0.25) is 5.02 Å². The highest BCUT2D eigenvalue weighted by Crippen LogP contribution is 2.22. The van der Waals surface area contributed by atoms with E-state index in [2.05, 4.69) is 5.32 Å². The summed E-state index contributed by atoms with van der Waals surface area (Å²) in [6.07, 6.45) is 0. The molecule has 0 aliphatic heterocycles. The number of carbonyl (C=O) groups excluding carboxylic acids is 2. The molecular formula is C17H15ClN2O4. The van der Waals surface area contributed by atoms with E-state index < -0.39 is 17.8 Å². The van der Waals surface area contributed by atoms with E-state index in [1.165, 1.54) is 24.3 Å². The number of hydrogen-bond acceptors (Lipinski definition) is 3. The van der Waals surface area contributed by atoms with Crippen molar-refractivity contribution < 1.29 is 19.5 Å². The van der Waals surface area contributed by atoms with Gasteiger partial charge in [-0.1, -0.05) is 11.6 Å². The van der Waals surface area contributed by atoms with Crippen LogP contribution in [-0.4, -0.2) is 22.9 Å². The molecule has 124 valence electrons. The molecule has 0 heterocycles. The number of carbonyl (C=O) groups is 3. The number of benzene rings is 2. The van der Waals surface area contributed by atoms with E-state index in [9.17, 15) is 19.5 Å². The Bertz CT molecular complexity index is 862. The molecule has 0 saturated carbocycles. The average molecular weight is 347 g/mol. The highest BCUT2D eigenvalue weighted by Gasteiger charge is 2.15. The van der Waals surface area contributed by atoms with E-state index >= 15 is 0 Å². The Balaban J connectivity index is 2.32. The molecule has 6 nitrogen and oxygen atoms in total. The monoisotopic (exact) mass is 346 g/mol. The maximum absolute atomic E-state index is 12.3. The highest BCUT2D eigenvalue weighted by molar-refractivity contribution is 6.34. The second kappa shape index (κ2) is 6.72. The predicted octanol–water partition coefficient (Wildman–Crippen LogP) is 3.01. The molecule has 0 atom stereocenters. The number of rotatable bonds is 4. The molecule has 4 N–H and O–H groups in total. The molecule has 0 fully saturated rings. The number of aryl methyl sites for hydroxylation is 1. The Morgan fingerprint density at radius 1 is 1.08 bits per heavy atom. The lowest BCUT2D eigenvalue weighted by molar-refractivity contribution is 0.0695. The van der Waals surface area contributed by atoms with Gasteiger partial charge in [-0.15, -0.1) is 0 Å². The minimum Gasteiger partial charge on any atom is -0.478 e. The van der Waals surface area contributed by atoms with Crippen LogP contribution in [-0.2, 0) is 0 Å². The van der Waals surface area contributed by atoms with Crippen molar-refractivity contribution >= 4 is 35.1 Å². The summed E-state index contributed by atoms with van der Waals surface area (Å²) in [5.41, 5.74) is 7.35. The molecule has 0 aliphatic rings. The van der Waals surface area contributed by atoms with Gasteiger partial charge in [0.1, 0.15) is 0 Å². The van der Waals surface area contributed by atoms with E-state index in [-0.39, 0.29) is 21.7 Å². The molecule has 0 aromatic heterocycles. The van der Waals surface area contributed by atoms with Gasteiger partial charge >= 0.3 is 5.97 Å². The number of halogens is 1. The summed E-state index contributed by atoms with van der Waals surface area (Å²) < 4.78 is 0. The van der Waals surface area contributed by atoms with Gasteiger partial charge in [-0.05, 0) is 55.3 Å². The lowest BCUT2D eigenvalue weighted by Crippen LogP contribution is -2.15. The van der Waals surface area contributed by atoms with Crippen LogP contribution in [0.5, 0.6) is 0 Å². The highest BCUT2D eigenvalue weighted by atomic mass is 35.5. The maximum Gasteiger partial charge on any atom is 0.336 e. The van der Waals surface area contributed by atoms with Crippen LogP contribution in [0.4, 0.5) is 5.69 Å². The standard InChI is InChI=1S/C17H15ClN2O4/c1-8-5-11(7-13(9(8)2)17(23)24)20-16(22)10-3-4-12(15(19)21)14(18)6-10/h3-7H,1-2H3,(H2,19,21)(H,20,22)(H,23,24). The van der Waals surface area contributed by atoms with Crippen LogP contribution in [0.1, 0.15) is 42.2 Å². The van der Waals surface area contributed by atoms with Crippen molar-refractivity contribution in [1.29, 1.82) is 0 Å². The molecule has 7 heteroatoms. The summed E-state index contributed by atoms with van der Waals surface area (Å²) in [6.45, 7) is 3.46. The van der Waals surface area contributed by atoms with Gasteiger partial charge in [0, 0.05) is 11.3 Å². The van der Waals surface area contributed by atoms with E-state index in [1.54, 1.807) is 19.9 Å². The van der Waals surface area contributed by atoms with Gasteiger partial charge in [-0.3, -0.25) is 9.59 Å². The normalized spacial score (nSPS) is 10.3. The number of anilines is 1. The first-order valence-corrected chi connectivity index (χ1v) is 7.33. The molecule has 2 aromatic carbocycles. The third-order valence-corrected chi connectivity index (χ3v) is 3.97. The van der Waals surface area contributed by atoms with Crippen molar-refractivity contribution in [1.82, 2.24) is 0 Å². The number of aromatic carboxylic acids is 1. The Morgan fingerprint density at radius 2 is 1.75 bits per heavy atom. The van der Waals surface area contributed by atoms with Crippen molar-refractivity contribution in [2.24, 2.45) is 5.73 Å². The molecule has 2 amide bonds. The van der Waals surface area contributed by atoms with E-state index in [1.807, 2.05) is 0 Å². The van der Waals surface area contributed by atoms with Gasteiger partial charge in [0.2, 0.25) is 5.91 Å². The van der Waals surface area contributed by atoms with E-state index in [4.69, 9.17) is 17.3 Å². The second-order valence-electron chi connectivity index (χ2n) is 5.28. The van der Waals surface area contributed by atoms with Crippen molar-refractivity contribution in [2.45, 2.75) is 13.8 Å². The van der Waals surface area contributed by atoms with Crippen LogP contribution >= 0.6 is 11.6 Å². The second-order valence-corrected chi connectivity index (χ2v) is 5.69. The number of carboxylic acids is 1. The third kappa shape index (κ3) is 3.55. The van der Waals surface area contributed by atoms with Gasteiger partial charge < -0.3 is 16.2 Å². The zero-order valence-corrected chi connectivity index (χ0v) is 13.8. The smallest absolute Gasteiger partial charge is 0.336 e. The van der Waals surface area contributed by atoms with Crippen LogP contribution in [0.15, 0.2) is 30.3 Å². The van der Waals surface area contributed by atoms with E-state index in [0.29, 0.717) is 11.3 Å². The fraction of sp³-hybridized carbons (Fsp3) is 0.118. The molecule has 2 rings (SSSR count). The third-order valence-electron chi connectivity index (χ3n) is 3.65. The molecule has 2 aromatic rings. The van der Waals surface area contributed by atoms with Crippen LogP contribution in [0, 0.1) is 13.8 Å². The fourth-order valence-electron chi connectivity index (χ4n) is 2.21. The van der Waals surface area contributed by atoms with Crippen molar-refractivity contribution in [3.05, 3.63) is 63.2 Å². The van der Waals surface area contributed by atoms with Crippen LogP contribution < -0.4 is 11.1 Å². The Morgan fingerprint density at radius 3 is 2.29 bits per heavy atom. The molecule has 0 unspecified atom stereocenters. The fourth-order valence-corrected chi connectivity index (χ4v) is 2.49. The maximum atomic E-state index is 12.3. The average Bonchev–Trinajstić information content (AvgIpc) is 2.49. The molecule has 0 radical (unpaired) electrons. The quantitative estimate of drug-likeness (QED) is 0.790. The SMILES string of the molecule is Cc1cc(NC(=O)c2ccc(C(N)=O)c(Cl)c2)cc(C(=O)O)c1C. The lowest BCUT2D eigenvalue weighted by atomic mass is 10.0. The van der Waals surface area contributed by atoms with Gasteiger partial charge in [-0.2, -0.15) is 0 Å². The van der Waals surface area contributed by atoms with Crippen molar-refractivity contribution in [3.8, 4) is 0 Å². The first-order valence-electron chi connectivity index (χ1n) is 6.96. The topological polar surface area (TPSA) is 109 Å². The van der Waals surface area contributed by atoms with Gasteiger partial charge in [0.15, 0.2) is 0 Å². The summed E-state index contributed by atoms with van der Waals surface area (Å²) in [5, 5.41) is 11.9. The van der Waals surface area contributed by atoms with Gasteiger partial charge in [-0.25, -0.2) is 4.79 Å². The molecule has 0 spiro atoms. The summed E-state index contributed by atoms with van der Waals surface area (Å²) in [5.74, 6) is -2.24. The summed E-state index contributed by atoms with van der Waals surface area (Å²) in [7, 11) is 0. The van der Waals surface area contributed by atoms with Gasteiger partial charge in [0.25, 0.3) is 5.91 Å². The molecular weight excluding hydrogens is 332 g/mol. The molecule has 0 aliphatic carbocycles. The number of hydrogen-bond donors (Lipinski definition) is 3. The summed E-state index contributed by atoms with van der Waals surface area (Å²) >= 11 is 5.93. The first kappa shape index (κ1) is 17.5. The number of amides is 2. The Hall–Kier alpha value is -2.86. The number of carboxylic acid groups (broad SMARTS) is 1. The van der Waals surface area contributed by atoms with Gasteiger partial charge in [0.05, 0.1) is 16.1 Å². The zero-order valence-electron chi connectivity index (χ0n) is 13.0.